The van der Waals surface area contributed by atoms with Gasteiger partial charge in [0.1, 0.15) is 6.10 Å². The Morgan fingerprint density at radius 3 is 2.68 bits per heavy atom. The van der Waals surface area contributed by atoms with Crippen molar-refractivity contribution in [2.45, 2.75) is 46.0 Å². The molecule has 1 heterocycles. The SMILES string of the molecule is C#CCCNC(=O)/C=C\NC(=O)C1OC(C)(C)OCC1(C)C. The maximum atomic E-state index is 12.2. The van der Waals surface area contributed by atoms with Gasteiger partial charge in [0.25, 0.3) is 5.91 Å². The number of nitrogens with one attached hydrogen (secondary N) is 2. The lowest BCUT2D eigenvalue weighted by Crippen LogP contribution is -2.55. The molecule has 1 saturated heterocycles. The minimum atomic E-state index is -0.812. The van der Waals surface area contributed by atoms with E-state index in [1.54, 1.807) is 13.8 Å². The van der Waals surface area contributed by atoms with E-state index in [2.05, 4.69) is 16.6 Å². The second-order valence-corrected chi connectivity index (χ2v) is 6.26. The second kappa shape index (κ2) is 7.43. The summed E-state index contributed by atoms with van der Waals surface area (Å²) in [5, 5.41) is 5.16. The van der Waals surface area contributed by atoms with Crippen molar-refractivity contribution in [2.75, 3.05) is 13.2 Å². The van der Waals surface area contributed by atoms with Gasteiger partial charge in [0, 0.05) is 30.7 Å². The molecule has 6 heteroatoms. The van der Waals surface area contributed by atoms with Crippen molar-refractivity contribution in [2.24, 2.45) is 5.41 Å². The molecule has 0 bridgehead atoms. The fourth-order valence-electron chi connectivity index (χ4n) is 1.91. The zero-order valence-electron chi connectivity index (χ0n) is 13.6. The van der Waals surface area contributed by atoms with Gasteiger partial charge in [0.15, 0.2) is 5.79 Å². The van der Waals surface area contributed by atoms with Crippen molar-refractivity contribution in [1.29, 1.82) is 0 Å². The van der Waals surface area contributed by atoms with E-state index >= 15 is 0 Å². The maximum absolute atomic E-state index is 12.2. The predicted molar refractivity (Wildman–Crippen MR) is 82.4 cm³/mol. The Bertz CT molecular complexity index is 489. The van der Waals surface area contributed by atoms with Crippen LogP contribution in [0.5, 0.6) is 0 Å². The van der Waals surface area contributed by atoms with E-state index in [-0.39, 0.29) is 11.8 Å². The number of ether oxygens (including phenoxy) is 2. The minimum absolute atomic E-state index is 0.311. The minimum Gasteiger partial charge on any atom is -0.352 e. The van der Waals surface area contributed by atoms with E-state index in [4.69, 9.17) is 15.9 Å². The summed E-state index contributed by atoms with van der Waals surface area (Å²) in [6, 6.07) is 0. The Kier molecular flexibility index (Phi) is 6.15. The highest BCUT2D eigenvalue weighted by molar-refractivity contribution is 5.89. The van der Waals surface area contributed by atoms with Crippen molar-refractivity contribution in [3.63, 3.8) is 0 Å². The third kappa shape index (κ3) is 5.51. The summed E-state index contributed by atoms with van der Waals surface area (Å²) >= 11 is 0. The van der Waals surface area contributed by atoms with Gasteiger partial charge in [0.05, 0.1) is 6.61 Å². The normalized spacial score (nSPS) is 22.8. The molecular formula is C16H24N2O4. The quantitative estimate of drug-likeness (QED) is 0.450. The molecule has 0 spiro atoms. The lowest BCUT2D eigenvalue weighted by molar-refractivity contribution is -0.303. The molecule has 0 aromatic heterocycles. The highest BCUT2D eigenvalue weighted by Crippen LogP contribution is 2.34. The van der Waals surface area contributed by atoms with Gasteiger partial charge in [-0.1, -0.05) is 13.8 Å². The molecule has 6 nitrogen and oxygen atoms in total. The Hall–Kier alpha value is -1.84. The molecule has 1 atom stereocenters. The number of terminal acetylenes is 1. The topological polar surface area (TPSA) is 76.7 Å². The number of amides is 2. The fourth-order valence-corrected chi connectivity index (χ4v) is 1.91. The summed E-state index contributed by atoms with van der Waals surface area (Å²) in [4.78, 5) is 23.7. The Morgan fingerprint density at radius 2 is 2.05 bits per heavy atom. The molecule has 0 saturated carbocycles. The average molecular weight is 308 g/mol. The maximum Gasteiger partial charge on any atom is 0.253 e. The lowest BCUT2D eigenvalue weighted by Gasteiger charge is -2.44. The summed E-state index contributed by atoms with van der Waals surface area (Å²) in [5.41, 5.74) is -0.456. The predicted octanol–water partition coefficient (Wildman–Crippen LogP) is 0.933. The first kappa shape index (κ1) is 18.2. The third-order valence-corrected chi connectivity index (χ3v) is 3.17. The summed E-state index contributed by atoms with van der Waals surface area (Å²) in [6.45, 7) is 8.12. The first-order chi connectivity index (χ1) is 10.2. The summed E-state index contributed by atoms with van der Waals surface area (Å²) in [7, 11) is 0. The van der Waals surface area contributed by atoms with Crippen LogP contribution in [0, 0.1) is 17.8 Å². The summed E-state index contributed by atoms with van der Waals surface area (Å²) in [6.07, 6.45) is 7.43. The van der Waals surface area contributed by atoms with Crippen LogP contribution in [0.4, 0.5) is 0 Å². The van der Waals surface area contributed by atoms with E-state index in [1.807, 2.05) is 13.8 Å². The molecule has 1 aliphatic rings. The molecule has 1 unspecified atom stereocenters. The molecule has 2 amide bonds. The van der Waals surface area contributed by atoms with Crippen LogP contribution in [-0.4, -0.2) is 36.9 Å². The zero-order chi connectivity index (χ0) is 16.8. The average Bonchev–Trinajstić information content (AvgIpc) is 2.42. The standard InChI is InChI=1S/C16H24N2O4/c1-6-7-9-17-12(19)8-10-18-14(20)13-15(2,3)11-21-16(4,5)22-13/h1,8,10,13H,7,9,11H2,2-5H3,(H,17,19)(H,18,20)/b10-8-. The van der Waals surface area contributed by atoms with Gasteiger partial charge in [-0.2, -0.15) is 0 Å². The van der Waals surface area contributed by atoms with Crippen LogP contribution < -0.4 is 10.6 Å². The largest absolute Gasteiger partial charge is 0.352 e. The number of carbonyl (C=O) groups is 2. The molecule has 1 fully saturated rings. The molecule has 2 N–H and O–H groups in total. The van der Waals surface area contributed by atoms with Gasteiger partial charge < -0.3 is 20.1 Å². The van der Waals surface area contributed by atoms with Crippen molar-refractivity contribution >= 4 is 11.8 Å². The van der Waals surface area contributed by atoms with Gasteiger partial charge >= 0.3 is 0 Å². The number of hydrogen-bond donors (Lipinski definition) is 2. The number of hydrogen-bond acceptors (Lipinski definition) is 4. The van der Waals surface area contributed by atoms with Crippen LogP contribution in [0.15, 0.2) is 12.3 Å². The number of carbonyl (C=O) groups excluding carboxylic acids is 2. The van der Waals surface area contributed by atoms with E-state index < -0.39 is 17.3 Å². The molecule has 0 radical (unpaired) electrons. The molecular weight excluding hydrogens is 284 g/mol. The molecule has 22 heavy (non-hydrogen) atoms. The van der Waals surface area contributed by atoms with Gasteiger partial charge in [-0.25, -0.2) is 0 Å². The van der Waals surface area contributed by atoms with Crippen molar-refractivity contribution < 1.29 is 19.1 Å². The van der Waals surface area contributed by atoms with Crippen LogP contribution >= 0.6 is 0 Å². The Balaban J connectivity index is 2.53. The Morgan fingerprint density at radius 1 is 1.36 bits per heavy atom. The van der Waals surface area contributed by atoms with Gasteiger partial charge in [-0.3, -0.25) is 9.59 Å². The van der Waals surface area contributed by atoms with Gasteiger partial charge in [-0.05, 0) is 13.8 Å². The summed E-state index contributed by atoms with van der Waals surface area (Å²) < 4.78 is 11.3. The van der Waals surface area contributed by atoms with Crippen LogP contribution in [-0.2, 0) is 19.1 Å². The smallest absolute Gasteiger partial charge is 0.253 e. The van der Waals surface area contributed by atoms with E-state index in [0.717, 1.165) is 0 Å². The van der Waals surface area contributed by atoms with Crippen molar-refractivity contribution in [3.8, 4) is 12.3 Å². The monoisotopic (exact) mass is 308 g/mol. The molecule has 1 aliphatic heterocycles. The molecule has 122 valence electrons. The first-order valence-electron chi connectivity index (χ1n) is 7.18. The lowest BCUT2D eigenvalue weighted by atomic mass is 9.85. The fraction of sp³-hybridized carbons (Fsp3) is 0.625. The summed E-state index contributed by atoms with van der Waals surface area (Å²) in [5.74, 6) is 0.981. The van der Waals surface area contributed by atoms with E-state index in [9.17, 15) is 9.59 Å². The molecule has 0 aliphatic carbocycles. The van der Waals surface area contributed by atoms with E-state index in [1.165, 1.54) is 12.3 Å². The molecule has 0 aromatic carbocycles. The molecule has 0 aromatic rings. The van der Waals surface area contributed by atoms with Crippen molar-refractivity contribution in [3.05, 3.63) is 12.3 Å². The van der Waals surface area contributed by atoms with Crippen LogP contribution in [0.1, 0.15) is 34.1 Å². The van der Waals surface area contributed by atoms with Crippen LogP contribution in [0.2, 0.25) is 0 Å². The third-order valence-electron chi connectivity index (χ3n) is 3.17. The number of rotatable bonds is 5. The van der Waals surface area contributed by atoms with E-state index in [0.29, 0.717) is 19.6 Å². The van der Waals surface area contributed by atoms with Crippen LogP contribution in [0.25, 0.3) is 0 Å². The highest BCUT2D eigenvalue weighted by Gasteiger charge is 2.45. The highest BCUT2D eigenvalue weighted by atomic mass is 16.7. The van der Waals surface area contributed by atoms with Gasteiger partial charge in [-0.15, -0.1) is 12.3 Å². The second-order valence-electron chi connectivity index (χ2n) is 6.26. The van der Waals surface area contributed by atoms with Crippen molar-refractivity contribution in [1.82, 2.24) is 10.6 Å². The first-order valence-corrected chi connectivity index (χ1v) is 7.18. The zero-order valence-corrected chi connectivity index (χ0v) is 13.6. The molecule has 1 rings (SSSR count). The van der Waals surface area contributed by atoms with Gasteiger partial charge in [0.2, 0.25) is 5.91 Å². The van der Waals surface area contributed by atoms with Crippen LogP contribution in [0.3, 0.4) is 0 Å². The Labute approximate surface area is 131 Å².